The average Bonchev–Trinajstić information content (AvgIpc) is 3.18. The second-order valence-electron chi connectivity index (χ2n) is 6.17. The lowest BCUT2D eigenvalue weighted by atomic mass is 10.0. The van der Waals surface area contributed by atoms with Crippen LogP contribution in [0.2, 0.25) is 0 Å². The Morgan fingerprint density at radius 2 is 2.04 bits per heavy atom. The van der Waals surface area contributed by atoms with Gasteiger partial charge in [0, 0.05) is 25.0 Å². The van der Waals surface area contributed by atoms with Gasteiger partial charge in [-0.2, -0.15) is 0 Å². The number of rotatable bonds is 5. The Balaban J connectivity index is 0.00000261. The first-order valence-electron chi connectivity index (χ1n) is 8.59. The first-order valence-corrected chi connectivity index (χ1v) is 10.9. The molecule has 2 N–H and O–H groups in total. The molecule has 3 rings (SSSR count). The van der Waals surface area contributed by atoms with Gasteiger partial charge in [0.05, 0.1) is 15.8 Å². The molecule has 0 spiro atoms. The summed E-state index contributed by atoms with van der Waals surface area (Å²) in [6.45, 7) is 4.11. The molecule has 1 amide bonds. The van der Waals surface area contributed by atoms with Crippen molar-refractivity contribution < 1.29 is 13.2 Å². The Labute approximate surface area is 170 Å². The zero-order valence-corrected chi connectivity index (χ0v) is 17.7. The third-order valence-corrected chi connectivity index (χ3v) is 7.10. The maximum atomic E-state index is 13.0. The molecule has 0 saturated carbocycles. The van der Waals surface area contributed by atoms with Gasteiger partial charge in [-0.3, -0.25) is 4.79 Å². The van der Waals surface area contributed by atoms with Crippen molar-refractivity contribution in [3.05, 3.63) is 51.7 Å². The van der Waals surface area contributed by atoms with E-state index < -0.39 is 10.0 Å². The van der Waals surface area contributed by atoms with Crippen LogP contribution in [0.15, 0.2) is 40.6 Å². The van der Waals surface area contributed by atoms with Crippen molar-refractivity contribution in [2.24, 2.45) is 0 Å². The lowest BCUT2D eigenvalue weighted by Crippen LogP contribution is -2.48. The Hall–Kier alpha value is -1.45. The monoisotopic (exact) mass is 429 g/mol. The van der Waals surface area contributed by atoms with Gasteiger partial charge in [0.2, 0.25) is 10.0 Å². The Kier molecular flexibility index (Phi) is 7.41. The SMILES string of the molecule is CCc1ccc(C2CNCCN2C(=O)c2cc(S(=O)(=O)NC)cs2)cc1.Cl. The highest BCUT2D eigenvalue weighted by Gasteiger charge is 2.30. The molecule has 1 atom stereocenters. The molecule has 9 heteroatoms. The number of carbonyl (C=O) groups is 1. The van der Waals surface area contributed by atoms with Crippen LogP contribution in [0.4, 0.5) is 0 Å². The van der Waals surface area contributed by atoms with E-state index in [-0.39, 0.29) is 29.3 Å². The van der Waals surface area contributed by atoms with Crippen LogP contribution in [-0.2, 0) is 16.4 Å². The summed E-state index contributed by atoms with van der Waals surface area (Å²) in [6.07, 6.45) is 0.976. The van der Waals surface area contributed by atoms with Crippen molar-refractivity contribution in [1.29, 1.82) is 0 Å². The minimum absolute atomic E-state index is 0. The summed E-state index contributed by atoms with van der Waals surface area (Å²) in [5.74, 6) is -0.126. The van der Waals surface area contributed by atoms with Gasteiger partial charge in [0.25, 0.3) is 5.91 Å². The molecular formula is C18H24ClN3O3S2. The average molecular weight is 430 g/mol. The molecule has 6 nitrogen and oxygen atoms in total. The molecule has 148 valence electrons. The topological polar surface area (TPSA) is 78.5 Å². The molecule has 1 fully saturated rings. The number of carbonyl (C=O) groups excluding carboxylic acids is 1. The van der Waals surface area contributed by atoms with Crippen LogP contribution in [0.25, 0.3) is 0 Å². The number of amides is 1. The van der Waals surface area contributed by atoms with Crippen LogP contribution in [0.5, 0.6) is 0 Å². The quantitative estimate of drug-likeness (QED) is 0.765. The number of piperazine rings is 1. The zero-order chi connectivity index (χ0) is 18.7. The van der Waals surface area contributed by atoms with Crippen LogP contribution < -0.4 is 10.0 Å². The van der Waals surface area contributed by atoms with E-state index in [1.54, 1.807) is 0 Å². The van der Waals surface area contributed by atoms with E-state index in [0.29, 0.717) is 18.0 Å². The summed E-state index contributed by atoms with van der Waals surface area (Å²) >= 11 is 1.17. The van der Waals surface area contributed by atoms with Crippen molar-refractivity contribution in [3.8, 4) is 0 Å². The van der Waals surface area contributed by atoms with Crippen LogP contribution in [0.3, 0.4) is 0 Å². The Morgan fingerprint density at radius 3 is 2.67 bits per heavy atom. The minimum Gasteiger partial charge on any atom is -0.328 e. The largest absolute Gasteiger partial charge is 0.328 e. The van der Waals surface area contributed by atoms with Gasteiger partial charge >= 0.3 is 0 Å². The first kappa shape index (κ1) is 21.8. The molecule has 27 heavy (non-hydrogen) atoms. The summed E-state index contributed by atoms with van der Waals surface area (Å²) in [5.41, 5.74) is 2.35. The highest BCUT2D eigenvalue weighted by Crippen LogP contribution is 2.27. The predicted molar refractivity (Wildman–Crippen MR) is 110 cm³/mol. The molecule has 2 heterocycles. The van der Waals surface area contributed by atoms with E-state index in [4.69, 9.17) is 0 Å². The number of nitrogens with one attached hydrogen (secondary N) is 2. The fourth-order valence-corrected chi connectivity index (χ4v) is 5.01. The summed E-state index contributed by atoms with van der Waals surface area (Å²) in [5, 5.41) is 4.85. The standard InChI is InChI=1S/C18H23N3O3S2.ClH/c1-3-13-4-6-14(7-5-13)16-11-20-8-9-21(16)18(22)17-10-15(12-25-17)26(23,24)19-2;/h4-7,10,12,16,19-20H,3,8-9,11H2,1-2H3;1H. The van der Waals surface area contributed by atoms with Gasteiger partial charge in [-0.25, -0.2) is 13.1 Å². The zero-order valence-electron chi connectivity index (χ0n) is 15.3. The molecule has 1 aliphatic heterocycles. The maximum Gasteiger partial charge on any atom is 0.264 e. The van der Waals surface area contributed by atoms with Gasteiger partial charge in [0.1, 0.15) is 0 Å². The van der Waals surface area contributed by atoms with Crippen molar-refractivity contribution in [3.63, 3.8) is 0 Å². The smallest absolute Gasteiger partial charge is 0.264 e. The van der Waals surface area contributed by atoms with E-state index in [1.165, 1.54) is 35.4 Å². The van der Waals surface area contributed by atoms with Gasteiger partial charge in [-0.1, -0.05) is 31.2 Å². The van der Waals surface area contributed by atoms with E-state index in [1.807, 2.05) is 4.90 Å². The Morgan fingerprint density at radius 1 is 1.33 bits per heavy atom. The number of halogens is 1. The highest BCUT2D eigenvalue weighted by atomic mass is 35.5. The van der Waals surface area contributed by atoms with Gasteiger partial charge in [-0.15, -0.1) is 23.7 Å². The number of aryl methyl sites for hydroxylation is 1. The highest BCUT2D eigenvalue weighted by molar-refractivity contribution is 7.89. The van der Waals surface area contributed by atoms with E-state index in [9.17, 15) is 13.2 Å². The van der Waals surface area contributed by atoms with E-state index in [2.05, 4.69) is 41.2 Å². The normalized spacial score (nSPS) is 17.4. The number of hydrogen-bond acceptors (Lipinski definition) is 5. The van der Waals surface area contributed by atoms with Gasteiger partial charge < -0.3 is 10.2 Å². The van der Waals surface area contributed by atoms with Crippen molar-refractivity contribution >= 4 is 39.7 Å². The third-order valence-electron chi connectivity index (χ3n) is 4.64. The summed E-state index contributed by atoms with van der Waals surface area (Å²) in [6, 6.07) is 9.72. The van der Waals surface area contributed by atoms with Crippen molar-refractivity contribution in [2.75, 3.05) is 26.7 Å². The second-order valence-corrected chi connectivity index (χ2v) is 8.97. The summed E-state index contributed by atoms with van der Waals surface area (Å²) in [4.78, 5) is 15.4. The van der Waals surface area contributed by atoms with Crippen LogP contribution in [-0.4, -0.2) is 45.9 Å². The molecule has 0 radical (unpaired) electrons. The molecule has 2 aromatic rings. The summed E-state index contributed by atoms with van der Waals surface area (Å²) in [7, 11) is -2.18. The molecule has 1 aliphatic rings. The van der Waals surface area contributed by atoms with Crippen LogP contribution >= 0.6 is 23.7 Å². The molecule has 1 aromatic heterocycles. The number of thiophene rings is 1. The minimum atomic E-state index is -3.54. The number of hydrogen-bond donors (Lipinski definition) is 2. The molecule has 1 aromatic carbocycles. The van der Waals surface area contributed by atoms with Gasteiger partial charge in [-0.05, 0) is 30.7 Å². The number of benzene rings is 1. The van der Waals surface area contributed by atoms with Crippen molar-refractivity contribution in [2.45, 2.75) is 24.3 Å². The molecule has 1 saturated heterocycles. The first-order chi connectivity index (χ1) is 12.5. The fourth-order valence-electron chi connectivity index (χ4n) is 3.05. The molecule has 0 aliphatic carbocycles. The number of sulfonamides is 1. The van der Waals surface area contributed by atoms with Crippen molar-refractivity contribution in [1.82, 2.24) is 14.9 Å². The molecule has 0 bridgehead atoms. The van der Waals surface area contributed by atoms with Crippen LogP contribution in [0.1, 0.15) is 33.8 Å². The molecular weight excluding hydrogens is 406 g/mol. The lowest BCUT2D eigenvalue weighted by molar-refractivity contribution is 0.0639. The predicted octanol–water partition coefficient (Wildman–Crippen LogP) is 2.43. The number of nitrogens with zero attached hydrogens (tertiary/aromatic N) is 1. The second kappa shape index (κ2) is 9.16. The lowest BCUT2D eigenvalue weighted by Gasteiger charge is -2.36. The molecule has 1 unspecified atom stereocenters. The maximum absolute atomic E-state index is 13.0. The van der Waals surface area contributed by atoms with Crippen LogP contribution in [0, 0.1) is 0 Å². The third kappa shape index (κ3) is 4.70. The summed E-state index contributed by atoms with van der Waals surface area (Å²) < 4.78 is 26.1. The Bertz CT molecular complexity index is 882. The fraction of sp³-hybridized carbons (Fsp3) is 0.389. The van der Waals surface area contributed by atoms with Gasteiger partial charge in [0.15, 0.2) is 0 Å². The van der Waals surface area contributed by atoms with E-state index in [0.717, 1.165) is 18.5 Å². The van der Waals surface area contributed by atoms with E-state index >= 15 is 0 Å².